The van der Waals surface area contributed by atoms with E-state index in [9.17, 15) is 0 Å². The van der Waals surface area contributed by atoms with Crippen molar-refractivity contribution in [2.75, 3.05) is 13.1 Å². The molecule has 0 bridgehead atoms. The van der Waals surface area contributed by atoms with E-state index in [2.05, 4.69) is 83.8 Å². The van der Waals surface area contributed by atoms with Gasteiger partial charge in [0, 0.05) is 25.5 Å². The topological polar surface area (TPSA) is 66.4 Å². The number of amides is 2. The monoisotopic (exact) mass is 1070 g/mol. The molecule has 350 valence electrons. The van der Waals surface area contributed by atoms with Gasteiger partial charge in [-0.1, -0.05) is 156 Å². The molecule has 64 heavy (non-hydrogen) atoms. The van der Waals surface area contributed by atoms with Gasteiger partial charge >= 0.3 is 0 Å². The second kappa shape index (κ2) is 27.1. The van der Waals surface area contributed by atoms with Gasteiger partial charge in [-0.15, -0.1) is 45.3 Å². The average molecular weight is 1070 g/mol. The summed E-state index contributed by atoms with van der Waals surface area (Å²) in [5.74, 6) is 0.648. The smallest absolute Gasteiger partial charge is 0.261 e. The van der Waals surface area contributed by atoms with E-state index >= 15 is 9.59 Å². The number of fused-ring (bicyclic) bond motifs is 1. The van der Waals surface area contributed by atoms with Crippen molar-refractivity contribution >= 4 is 100 Å². The lowest BCUT2D eigenvalue weighted by atomic mass is 9.93. The number of unbranched alkanes of at least 4 members (excludes halogenated alkanes) is 16. The molecule has 0 N–H and O–H groups in total. The molecule has 0 spiro atoms. The highest BCUT2D eigenvalue weighted by Crippen LogP contribution is 2.51. The van der Waals surface area contributed by atoms with Crippen molar-refractivity contribution in [3.8, 4) is 19.8 Å². The lowest BCUT2D eigenvalue weighted by Gasteiger charge is -2.29. The molecule has 0 fully saturated rings. The first-order valence-electron chi connectivity index (χ1n) is 24.8. The quantitative estimate of drug-likeness (QED) is 0.0457. The SMILES string of the molecule is CCCCCCCCC(CCCCCC)CN1C(=O)C2=C(c3cnc(-c4ccc(Br)s4)s3)N(CC(CCCCCC)CCCCCCCC)C(=O)C2=C1c1cnc(-c2ccc(Br)s2)s1. The summed E-state index contributed by atoms with van der Waals surface area (Å²) in [4.78, 5) is 49.1. The van der Waals surface area contributed by atoms with Gasteiger partial charge in [0.15, 0.2) is 0 Å². The zero-order valence-electron chi connectivity index (χ0n) is 39.0. The summed E-state index contributed by atoms with van der Waals surface area (Å²) in [6, 6.07) is 8.33. The number of aromatic nitrogens is 2. The first-order valence-corrected chi connectivity index (χ1v) is 29.7. The highest BCUT2D eigenvalue weighted by Gasteiger charge is 2.50. The molecule has 0 radical (unpaired) electrons. The number of nitrogens with zero attached hydrogens (tertiary/aromatic N) is 4. The van der Waals surface area contributed by atoms with E-state index in [1.165, 1.54) is 128 Å². The Morgan fingerprint density at radius 3 is 1.11 bits per heavy atom. The van der Waals surface area contributed by atoms with Crippen molar-refractivity contribution in [2.45, 2.75) is 182 Å². The van der Waals surface area contributed by atoms with Gasteiger partial charge in [-0.2, -0.15) is 0 Å². The molecule has 2 atom stereocenters. The second-order valence-electron chi connectivity index (χ2n) is 18.1. The Hall–Kier alpha value is -1.96. The van der Waals surface area contributed by atoms with E-state index in [1.54, 1.807) is 45.3 Å². The van der Waals surface area contributed by atoms with Gasteiger partial charge in [0.25, 0.3) is 11.8 Å². The normalized spacial score (nSPS) is 15.2. The fraction of sp³-hybridized carbons (Fsp3) is 0.615. The summed E-state index contributed by atoms with van der Waals surface area (Å²) >= 11 is 13.8. The molecular weight excluding hydrogens is 1000 g/mol. The molecule has 6 nitrogen and oxygen atoms in total. The molecule has 4 aromatic heterocycles. The Kier molecular flexibility index (Phi) is 21.8. The Bertz CT molecular complexity index is 1980. The van der Waals surface area contributed by atoms with Gasteiger partial charge in [0.2, 0.25) is 0 Å². The van der Waals surface area contributed by atoms with Gasteiger partial charge in [-0.25, -0.2) is 9.97 Å². The minimum Gasteiger partial charge on any atom is -0.306 e. The van der Waals surface area contributed by atoms with E-state index in [4.69, 9.17) is 9.97 Å². The molecule has 12 heteroatoms. The van der Waals surface area contributed by atoms with Crippen molar-refractivity contribution in [2.24, 2.45) is 11.8 Å². The molecular formula is C52H72Br2N4O2S4. The molecule has 4 aromatic rings. The predicted molar refractivity (Wildman–Crippen MR) is 284 cm³/mol. The number of halogens is 2. The standard InChI is InChI=1S/C52H72Br2N4O2S4/c1-5-9-13-17-19-23-27-37(25-21-15-11-7-3)35-57-47(41-33-55-49(63-41)39-29-31-43(53)61-39)45-46(51(57)59)48(42-34-56-50(64-42)40-30-32-44(54)62-40)58(52(45)60)36-38(26-22-16-12-8-4)28-24-20-18-14-10-6-2/h29-34,37-38H,5-28,35-36H2,1-4H3. The molecule has 2 aliphatic heterocycles. The Balaban J connectivity index is 1.42. The van der Waals surface area contributed by atoms with Crippen LogP contribution in [0.5, 0.6) is 0 Å². The summed E-state index contributed by atoms with van der Waals surface area (Å²) in [6.07, 6.45) is 32.9. The van der Waals surface area contributed by atoms with Crippen LogP contribution in [0.1, 0.15) is 192 Å². The molecule has 0 aromatic carbocycles. The fourth-order valence-electron chi connectivity index (χ4n) is 9.43. The minimum absolute atomic E-state index is 0.0320. The Morgan fingerprint density at radius 1 is 0.453 bits per heavy atom. The summed E-state index contributed by atoms with van der Waals surface area (Å²) in [5.41, 5.74) is 2.69. The van der Waals surface area contributed by atoms with E-state index in [-0.39, 0.29) is 11.8 Å². The number of hydrogen-bond acceptors (Lipinski definition) is 8. The number of carbonyl (C=O) groups is 2. The minimum atomic E-state index is -0.0320. The number of thiazole rings is 2. The number of hydrogen-bond donors (Lipinski definition) is 0. The maximum absolute atomic E-state index is 15.6. The molecule has 0 saturated carbocycles. The Morgan fingerprint density at radius 2 is 0.781 bits per heavy atom. The lowest BCUT2D eigenvalue weighted by molar-refractivity contribution is -0.124. The van der Waals surface area contributed by atoms with E-state index in [0.29, 0.717) is 36.1 Å². The van der Waals surface area contributed by atoms with Crippen LogP contribution in [0.25, 0.3) is 31.2 Å². The van der Waals surface area contributed by atoms with Crippen LogP contribution in [-0.4, -0.2) is 44.7 Å². The largest absolute Gasteiger partial charge is 0.306 e. The average Bonchev–Trinajstić information content (AvgIpc) is 4.17. The molecule has 2 amide bonds. The molecule has 0 aliphatic carbocycles. The van der Waals surface area contributed by atoms with Gasteiger partial charge in [-0.3, -0.25) is 9.59 Å². The molecule has 2 aliphatic rings. The molecule has 2 unspecified atom stereocenters. The van der Waals surface area contributed by atoms with Crippen LogP contribution < -0.4 is 0 Å². The van der Waals surface area contributed by atoms with Gasteiger partial charge in [0.05, 0.1) is 49.6 Å². The highest BCUT2D eigenvalue weighted by atomic mass is 79.9. The third-order valence-corrected chi connectivity index (χ3v) is 18.6. The summed E-state index contributed by atoms with van der Waals surface area (Å²) in [5, 5.41) is 1.82. The summed E-state index contributed by atoms with van der Waals surface area (Å²) in [6.45, 7) is 10.3. The van der Waals surface area contributed by atoms with E-state index < -0.39 is 0 Å². The van der Waals surface area contributed by atoms with Crippen molar-refractivity contribution in [3.63, 3.8) is 0 Å². The van der Waals surface area contributed by atoms with Crippen LogP contribution >= 0.6 is 77.2 Å². The second-order valence-corrected chi connectivity index (χ2v) is 25.1. The zero-order valence-corrected chi connectivity index (χ0v) is 45.4. The van der Waals surface area contributed by atoms with E-state index in [1.807, 2.05) is 22.2 Å². The first-order chi connectivity index (χ1) is 31.3. The fourth-order valence-corrected chi connectivity index (χ4v) is 14.3. The van der Waals surface area contributed by atoms with Crippen molar-refractivity contribution < 1.29 is 9.59 Å². The van der Waals surface area contributed by atoms with Crippen LogP contribution in [0.15, 0.2) is 55.4 Å². The predicted octanol–water partition coefficient (Wildman–Crippen LogP) is 18.1. The van der Waals surface area contributed by atoms with Gasteiger partial charge in [-0.05, 0) is 93.6 Å². The van der Waals surface area contributed by atoms with Crippen molar-refractivity contribution in [1.29, 1.82) is 0 Å². The van der Waals surface area contributed by atoms with Gasteiger partial charge in [0.1, 0.15) is 10.0 Å². The third kappa shape index (κ3) is 14.1. The lowest BCUT2D eigenvalue weighted by Crippen LogP contribution is -2.34. The van der Waals surface area contributed by atoms with Crippen molar-refractivity contribution in [3.05, 3.63) is 65.1 Å². The van der Waals surface area contributed by atoms with Crippen LogP contribution in [0, 0.1) is 11.8 Å². The molecule has 6 rings (SSSR count). The zero-order chi connectivity index (χ0) is 45.3. The number of thiophene rings is 2. The van der Waals surface area contributed by atoms with Crippen LogP contribution in [0.2, 0.25) is 0 Å². The van der Waals surface area contributed by atoms with Crippen LogP contribution in [0.4, 0.5) is 0 Å². The molecule has 6 heterocycles. The first kappa shape index (κ1) is 51.4. The molecule has 0 saturated heterocycles. The van der Waals surface area contributed by atoms with Crippen molar-refractivity contribution in [1.82, 2.24) is 19.8 Å². The maximum atomic E-state index is 15.6. The van der Waals surface area contributed by atoms with E-state index in [0.717, 1.165) is 74.2 Å². The summed E-state index contributed by atoms with van der Waals surface area (Å²) < 4.78 is 2.11. The third-order valence-electron chi connectivity index (χ3n) is 13.0. The van der Waals surface area contributed by atoms with Crippen LogP contribution in [0.3, 0.4) is 0 Å². The number of rotatable bonds is 32. The highest BCUT2D eigenvalue weighted by molar-refractivity contribution is 9.11. The number of carbonyl (C=O) groups excluding carboxylic acids is 2. The van der Waals surface area contributed by atoms with Crippen LogP contribution in [-0.2, 0) is 9.59 Å². The van der Waals surface area contributed by atoms with Gasteiger partial charge < -0.3 is 9.80 Å². The Labute approximate surface area is 418 Å². The summed E-state index contributed by atoms with van der Waals surface area (Å²) in [7, 11) is 0. The maximum Gasteiger partial charge on any atom is 0.261 e.